The van der Waals surface area contributed by atoms with Crippen LogP contribution in [-0.2, 0) is 6.54 Å². The largest absolute Gasteiger partial charge is 0.496 e. The Morgan fingerprint density at radius 1 is 1.07 bits per heavy atom. The summed E-state index contributed by atoms with van der Waals surface area (Å²) < 4.78 is 34.9. The Morgan fingerprint density at radius 2 is 1.93 bits per heavy atom. The van der Waals surface area contributed by atoms with Crippen molar-refractivity contribution in [3.8, 4) is 16.9 Å². The van der Waals surface area contributed by atoms with E-state index in [1.165, 1.54) is 25.3 Å². The third-order valence-corrected chi connectivity index (χ3v) is 4.69. The number of fused-ring (bicyclic) bond motifs is 1. The van der Waals surface area contributed by atoms with Crippen molar-refractivity contribution < 1.29 is 13.5 Å². The molecule has 0 aliphatic rings. The lowest BCUT2D eigenvalue weighted by Crippen LogP contribution is -2.07. The van der Waals surface area contributed by atoms with Crippen LogP contribution in [0.4, 0.5) is 14.6 Å². The SMILES string of the molecule is COc1cccc(F)c1CNc1ccc(-c2cc(F)ccc2C)c2nncn12. The van der Waals surface area contributed by atoms with E-state index < -0.39 is 0 Å². The summed E-state index contributed by atoms with van der Waals surface area (Å²) in [4.78, 5) is 0. The average molecular weight is 380 g/mol. The van der Waals surface area contributed by atoms with E-state index in [2.05, 4.69) is 15.5 Å². The number of anilines is 1. The van der Waals surface area contributed by atoms with E-state index in [-0.39, 0.29) is 18.2 Å². The number of hydrogen-bond acceptors (Lipinski definition) is 4. The van der Waals surface area contributed by atoms with Gasteiger partial charge in [0.2, 0.25) is 0 Å². The Labute approximate surface area is 160 Å². The second kappa shape index (κ2) is 7.26. The fraction of sp³-hybridized carbons (Fsp3) is 0.143. The highest BCUT2D eigenvalue weighted by molar-refractivity contribution is 5.81. The molecule has 2 aromatic heterocycles. The Morgan fingerprint density at radius 3 is 2.75 bits per heavy atom. The normalized spacial score (nSPS) is 11.0. The Balaban J connectivity index is 1.72. The van der Waals surface area contributed by atoms with Gasteiger partial charge in [-0.1, -0.05) is 12.1 Å². The van der Waals surface area contributed by atoms with Crippen LogP contribution >= 0.6 is 0 Å². The van der Waals surface area contributed by atoms with Gasteiger partial charge in [-0.25, -0.2) is 8.78 Å². The van der Waals surface area contributed by atoms with Gasteiger partial charge in [0, 0.05) is 17.7 Å². The van der Waals surface area contributed by atoms with Crippen LogP contribution in [0.25, 0.3) is 16.8 Å². The minimum atomic E-state index is -0.348. The lowest BCUT2D eigenvalue weighted by molar-refractivity contribution is 0.405. The molecule has 0 amide bonds. The summed E-state index contributed by atoms with van der Waals surface area (Å²) in [7, 11) is 1.51. The van der Waals surface area contributed by atoms with Gasteiger partial charge in [-0.2, -0.15) is 0 Å². The molecular formula is C21H18F2N4O. The zero-order chi connectivity index (χ0) is 19.7. The Bertz CT molecular complexity index is 1160. The molecule has 0 spiro atoms. The highest BCUT2D eigenvalue weighted by Crippen LogP contribution is 2.30. The second-order valence-electron chi connectivity index (χ2n) is 6.39. The van der Waals surface area contributed by atoms with Gasteiger partial charge in [-0.3, -0.25) is 4.40 Å². The zero-order valence-electron chi connectivity index (χ0n) is 15.4. The summed E-state index contributed by atoms with van der Waals surface area (Å²) in [5, 5.41) is 11.4. The summed E-state index contributed by atoms with van der Waals surface area (Å²) in [6.45, 7) is 2.14. The quantitative estimate of drug-likeness (QED) is 0.550. The third-order valence-electron chi connectivity index (χ3n) is 4.69. The number of pyridine rings is 1. The van der Waals surface area contributed by atoms with Crippen molar-refractivity contribution in [2.45, 2.75) is 13.5 Å². The number of nitrogens with zero attached hydrogens (tertiary/aromatic N) is 3. The molecule has 0 saturated heterocycles. The summed E-state index contributed by atoms with van der Waals surface area (Å²) in [5.74, 6) is 0.494. The van der Waals surface area contributed by atoms with Crippen LogP contribution in [0.3, 0.4) is 0 Å². The Kier molecular flexibility index (Phi) is 4.65. The van der Waals surface area contributed by atoms with Crippen molar-refractivity contribution >= 4 is 11.5 Å². The van der Waals surface area contributed by atoms with Gasteiger partial charge >= 0.3 is 0 Å². The van der Waals surface area contributed by atoms with Crippen LogP contribution in [0.2, 0.25) is 0 Å². The molecule has 2 aromatic carbocycles. The molecule has 5 nitrogen and oxygen atoms in total. The molecule has 4 rings (SSSR count). The van der Waals surface area contributed by atoms with Crippen molar-refractivity contribution in [3.05, 3.63) is 77.6 Å². The summed E-state index contributed by atoms with van der Waals surface area (Å²) in [5.41, 5.74) is 3.46. The van der Waals surface area contributed by atoms with E-state index in [1.54, 1.807) is 28.9 Å². The molecule has 0 saturated carbocycles. The fourth-order valence-corrected chi connectivity index (χ4v) is 3.23. The first-order valence-electron chi connectivity index (χ1n) is 8.73. The summed E-state index contributed by atoms with van der Waals surface area (Å²) in [6.07, 6.45) is 1.56. The number of hydrogen-bond donors (Lipinski definition) is 1. The summed E-state index contributed by atoms with van der Waals surface area (Å²) in [6, 6.07) is 13.0. The first-order valence-corrected chi connectivity index (χ1v) is 8.73. The maximum absolute atomic E-state index is 14.2. The van der Waals surface area contributed by atoms with Crippen molar-refractivity contribution in [1.29, 1.82) is 0 Å². The number of aromatic nitrogens is 3. The van der Waals surface area contributed by atoms with Gasteiger partial charge in [-0.15, -0.1) is 10.2 Å². The number of halogens is 2. The number of rotatable bonds is 5. The minimum absolute atomic E-state index is 0.224. The summed E-state index contributed by atoms with van der Waals surface area (Å²) >= 11 is 0. The Hall–Kier alpha value is -3.48. The molecule has 2 heterocycles. The van der Waals surface area contributed by atoms with Gasteiger partial charge in [0.1, 0.15) is 29.5 Å². The highest BCUT2D eigenvalue weighted by Gasteiger charge is 2.14. The lowest BCUT2D eigenvalue weighted by atomic mass is 10.0. The van der Waals surface area contributed by atoms with Crippen molar-refractivity contribution in [2.75, 3.05) is 12.4 Å². The van der Waals surface area contributed by atoms with Crippen LogP contribution in [0.15, 0.2) is 54.9 Å². The third kappa shape index (κ3) is 3.15. The van der Waals surface area contributed by atoms with E-state index in [1.807, 2.05) is 19.1 Å². The average Bonchev–Trinajstić information content (AvgIpc) is 3.19. The molecule has 0 bridgehead atoms. The molecule has 4 aromatic rings. The molecule has 0 fully saturated rings. The zero-order valence-corrected chi connectivity index (χ0v) is 15.4. The van der Waals surface area contributed by atoms with Crippen LogP contribution in [0.1, 0.15) is 11.1 Å². The monoisotopic (exact) mass is 380 g/mol. The standard InChI is InChI=1S/C21H18F2N4O/c1-13-6-7-14(22)10-16(13)15-8-9-20(27-12-25-26-21(15)27)24-11-17-18(23)4-3-5-19(17)28-2/h3-10,12,24H,11H2,1-2H3. The highest BCUT2D eigenvalue weighted by atomic mass is 19.1. The van der Waals surface area contributed by atoms with Crippen LogP contribution < -0.4 is 10.1 Å². The predicted molar refractivity (Wildman–Crippen MR) is 103 cm³/mol. The first kappa shape index (κ1) is 17.9. The van der Waals surface area contributed by atoms with E-state index in [4.69, 9.17) is 4.74 Å². The lowest BCUT2D eigenvalue weighted by Gasteiger charge is -2.14. The van der Waals surface area contributed by atoms with E-state index >= 15 is 0 Å². The predicted octanol–water partition coefficient (Wildman–Crippen LogP) is 4.60. The molecule has 28 heavy (non-hydrogen) atoms. The molecule has 0 aliphatic carbocycles. The molecule has 0 aliphatic heterocycles. The van der Waals surface area contributed by atoms with Crippen LogP contribution in [-0.4, -0.2) is 21.7 Å². The minimum Gasteiger partial charge on any atom is -0.496 e. The maximum atomic E-state index is 14.2. The smallest absolute Gasteiger partial charge is 0.170 e. The molecule has 0 atom stereocenters. The molecule has 7 heteroatoms. The van der Waals surface area contributed by atoms with E-state index in [0.717, 1.165) is 16.7 Å². The number of ether oxygens (including phenoxy) is 1. The van der Waals surface area contributed by atoms with Crippen LogP contribution in [0.5, 0.6) is 5.75 Å². The molecule has 0 unspecified atom stereocenters. The first-order chi connectivity index (χ1) is 13.6. The van der Waals surface area contributed by atoms with Crippen molar-refractivity contribution in [1.82, 2.24) is 14.6 Å². The van der Waals surface area contributed by atoms with Crippen molar-refractivity contribution in [2.24, 2.45) is 0 Å². The number of aryl methyl sites for hydroxylation is 1. The van der Waals surface area contributed by atoms with Gasteiger partial charge in [0.05, 0.1) is 7.11 Å². The number of benzene rings is 2. The van der Waals surface area contributed by atoms with E-state index in [9.17, 15) is 8.78 Å². The molecular weight excluding hydrogens is 362 g/mol. The van der Waals surface area contributed by atoms with Crippen molar-refractivity contribution in [3.63, 3.8) is 0 Å². The molecule has 142 valence electrons. The van der Waals surface area contributed by atoms with Gasteiger partial charge in [0.15, 0.2) is 5.65 Å². The van der Waals surface area contributed by atoms with Crippen LogP contribution in [0, 0.1) is 18.6 Å². The van der Waals surface area contributed by atoms with Gasteiger partial charge < -0.3 is 10.1 Å². The van der Waals surface area contributed by atoms with Gasteiger partial charge in [-0.05, 0) is 54.4 Å². The maximum Gasteiger partial charge on any atom is 0.170 e. The van der Waals surface area contributed by atoms with E-state index in [0.29, 0.717) is 22.8 Å². The topological polar surface area (TPSA) is 51.5 Å². The molecule has 0 radical (unpaired) electrons. The van der Waals surface area contributed by atoms with Gasteiger partial charge in [0.25, 0.3) is 0 Å². The second-order valence-corrected chi connectivity index (χ2v) is 6.39. The number of nitrogens with one attached hydrogen (secondary N) is 1. The fourth-order valence-electron chi connectivity index (χ4n) is 3.23. The number of methoxy groups -OCH3 is 1. The molecule has 1 N–H and O–H groups in total.